The van der Waals surface area contributed by atoms with Crippen LogP contribution in [-0.4, -0.2) is 24.7 Å². The van der Waals surface area contributed by atoms with Crippen LogP contribution in [0.2, 0.25) is 0 Å². The van der Waals surface area contributed by atoms with Crippen molar-refractivity contribution in [1.29, 1.82) is 5.26 Å². The van der Waals surface area contributed by atoms with Gasteiger partial charge in [-0.25, -0.2) is 0 Å². The second-order valence-electron chi connectivity index (χ2n) is 5.13. The van der Waals surface area contributed by atoms with Crippen molar-refractivity contribution >= 4 is 33.6 Å². The molecule has 6 nitrogen and oxygen atoms in total. The van der Waals surface area contributed by atoms with Crippen molar-refractivity contribution in [1.82, 2.24) is 0 Å². The van der Waals surface area contributed by atoms with E-state index in [1.165, 1.54) is 25.3 Å². The third-order valence-electron chi connectivity index (χ3n) is 3.39. The first kappa shape index (κ1) is 19.3. The van der Waals surface area contributed by atoms with Crippen LogP contribution in [0.4, 0.5) is 5.69 Å². The molecule has 0 unspecified atom stereocenters. The quantitative estimate of drug-likeness (QED) is 0.545. The van der Waals surface area contributed by atoms with Gasteiger partial charge in [0.25, 0.3) is 5.91 Å². The average Bonchev–Trinajstić information content (AvgIpc) is 2.63. The zero-order chi connectivity index (χ0) is 19.1. The summed E-state index contributed by atoms with van der Waals surface area (Å²) < 4.78 is 10.9. The number of anilines is 1. The molecule has 0 saturated heterocycles. The Morgan fingerprint density at radius 1 is 1.35 bits per heavy atom. The highest BCUT2D eigenvalue weighted by molar-refractivity contribution is 9.10. The molecule has 1 amide bonds. The smallest absolute Gasteiger partial charge is 0.266 e. The maximum absolute atomic E-state index is 12.4. The number of amides is 1. The minimum atomic E-state index is -0.546. The molecule has 0 aliphatic rings. The fraction of sp³-hybridized carbons (Fsp3) is 0.158. The Hall–Kier alpha value is -2.98. The lowest BCUT2D eigenvalue weighted by atomic mass is 10.1. The molecule has 2 aromatic carbocycles. The Morgan fingerprint density at radius 3 is 2.62 bits per heavy atom. The molecule has 0 bridgehead atoms. The molecule has 0 aromatic heterocycles. The predicted molar refractivity (Wildman–Crippen MR) is 102 cm³/mol. The van der Waals surface area contributed by atoms with Crippen LogP contribution >= 0.6 is 15.9 Å². The van der Waals surface area contributed by atoms with Gasteiger partial charge in [0, 0.05) is 10.2 Å². The predicted octanol–water partition coefficient (Wildman–Crippen LogP) is 4.11. The third-order valence-corrected chi connectivity index (χ3v) is 4.07. The number of rotatable bonds is 6. The van der Waals surface area contributed by atoms with Crippen LogP contribution in [0.25, 0.3) is 6.08 Å². The van der Waals surface area contributed by atoms with Crippen molar-refractivity contribution < 1.29 is 19.4 Å². The maximum Gasteiger partial charge on any atom is 0.266 e. The van der Waals surface area contributed by atoms with Gasteiger partial charge in [-0.2, -0.15) is 5.26 Å². The maximum atomic E-state index is 12.4. The molecule has 0 heterocycles. The van der Waals surface area contributed by atoms with Crippen molar-refractivity contribution in [2.45, 2.75) is 6.92 Å². The number of ether oxygens (including phenoxy) is 2. The van der Waals surface area contributed by atoms with Gasteiger partial charge in [-0.1, -0.05) is 15.9 Å². The van der Waals surface area contributed by atoms with Crippen LogP contribution in [0.1, 0.15) is 12.5 Å². The molecule has 2 aromatic rings. The van der Waals surface area contributed by atoms with Gasteiger partial charge in [0.2, 0.25) is 0 Å². The highest BCUT2D eigenvalue weighted by Gasteiger charge is 2.13. The summed E-state index contributed by atoms with van der Waals surface area (Å²) in [6, 6.07) is 11.7. The van der Waals surface area contributed by atoms with Gasteiger partial charge in [-0.15, -0.1) is 0 Å². The number of nitriles is 1. The van der Waals surface area contributed by atoms with Gasteiger partial charge in [-0.05, 0) is 55.0 Å². The second-order valence-corrected chi connectivity index (χ2v) is 5.98. The Balaban J connectivity index is 2.23. The number of aromatic hydroxyl groups is 1. The van der Waals surface area contributed by atoms with Gasteiger partial charge in [-0.3, -0.25) is 4.79 Å². The Morgan fingerprint density at radius 2 is 2.04 bits per heavy atom. The molecule has 7 heteroatoms. The van der Waals surface area contributed by atoms with Crippen LogP contribution in [0.5, 0.6) is 17.2 Å². The Labute approximate surface area is 159 Å². The topological polar surface area (TPSA) is 91.6 Å². The van der Waals surface area contributed by atoms with E-state index in [1.54, 1.807) is 24.3 Å². The van der Waals surface area contributed by atoms with Crippen molar-refractivity contribution in [2.24, 2.45) is 0 Å². The van der Waals surface area contributed by atoms with E-state index in [0.717, 1.165) is 0 Å². The Kier molecular flexibility index (Phi) is 6.64. The first-order valence-electron chi connectivity index (χ1n) is 7.71. The number of hydrogen-bond acceptors (Lipinski definition) is 5. The summed E-state index contributed by atoms with van der Waals surface area (Å²) >= 11 is 3.29. The van der Waals surface area contributed by atoms with E-state index in [-0.39, 0.29) is 17.1 Å². The van der Waals surface area contributed by atoms with Crippen LogP contribution < -0.4 is 14.8 Å². The third kappa shape index (κ3) is 4.77. The normalized spacial score (nSPS) is 10.8. The van der Waals surface area contributed by atoms with Crippen molar-refractivity contribution in [3.63, 3.8) is 0 Å². The van der Waals surface area contributed by atoms with Crippen LogP contribution in [0.3, 0.4) is 0 Å². The van der Waals surface area contributed by atoms with Gasteiger partial charge < -0.3 is 19.9 Å². The lowest BCUT2D eigenvalue weighted by molar-refractivity contribution is -0.112. The molecule has 0 radical (unpaired) electrons. The standard InChI is InChI=1S/C19H17BrN2O4/c1-3-26-15-6-4-14(5-7-15)22-19(24)13(11-21)8-12-9-18(25-2)17(23)10-16(12)20/h4-10,23H,3H2,1-2H3,(H,22,24)/b13-8+. The SMILES string of the molecule is CCOc1ccc(NC(=O)/C(C#N)=C/c2cc(OC)c(O)cc2Br)cc1. The monoisotopic (exact) mass is 416 g/mol. The molecule has 2 rings (SSSR count). The van der Waals surface area contributed by atoms with Gasteiger partial charge >= 0.3 is 0 Å². The molecule has 0 atom stereocenters. The number of benzene rings is 2. The Bertz CT molecular complexity index is 870. The molecule has 0 saturated carbocycles. The largest absolute Gasteiger partial charge is 0.504 e. The minimum absolute atomic E-state index is 0.0473. The first-order valence-corrected chi connectivity index (χ1v) is 8.50. The highest BCUT2D eigenvalue weighted by atomic mass is 79.9. The van der Waals surface area contributed by atoms with E-state index in [9.17, 15) is 15.2 Å². The number of carbonyl (C=O) groups is 1. The second kappa shape index (κ2) is 8.92. The summed E-state index contributed by atoms with van der Waals surface area (Å²) in [6.45, 7) is 2.44. The van der Waals surface area contributed by atoms with Crippen LogP contribution in [0, 0.1) is 11.3 Å². The number of halogens is 1. The number of phenols is 1. The highest BCUT2D eigenvalue weighted by Crippen LogP contribution is 2.33. The van der Waals surface area contributed by atoms with Crippen molar-refractivity contribution in [3.8, 4) is 23.3 Å². The summed E-state index contributed by atoms with van der Waals surface area (Å²) in [5.74, 6) is 0.342. The average molecular weight is 417 g/mol. The molecule has 0 aliphatic carbocycles. The molecule has 0 spiro atoms. The van der Waals surface area contributed by atoms with E-state index >= 15 is 0 Å². The van der Waals surface area contributed by atoms with E-state index in [0.29, 0.717) is 28.1 Å². The molecule has 0 fully saturated rings. The fourth-order valence-electron chi connectivity index (χ4n) is 2.14. The molecule has 2 N–H and O–H groups in total. The zero-order valence-corrected chi connectivity index (χ0v) is 15.8. The molecule has 134 valence electrons. The van der Waals surface area contributed by atoms with E-state index in [1.807, 2.05) is 13.0 Å². The molecular formula is C19H17BrN2O4. The molecule has 0 aliphatic heterocycles. The number of methoxy groups -OCH3 is 1. The van der Waals surface area contributed by atoms with Crippen molar-refractivity contribution in [2.75, 3.05) is 19.0 Å². The molecule has 26 heavy (non-hydrogen) atoms. The number of nitrogens with one attached hydrogen (secondary N) is 1. The number of phenolic OH excluding ortho intramolecular Hbond substituents is 1. The van der Waals surface area contributed by atoms with Gasteiger partial charge in [0.1, 0.15) is 17.4 Å². The molecular weight excluding hydrogens is 400 g/mol. The van der Waals surface area contributed by atoms with E-state index in [4.69, 9.17) is 9.47 Å². The summed E-state index contributed by atoms with van der Waals surface area (Å²) in [6.07, 6.45) is 1.41. The zero-order valence-electron chi connectivity index (χ0n) is 14.2. The van der Waals surface area contributed by atoms with Crippen molar-refractivity contribution in [3.05, 3.63) is 52.0 Å². The summed E-state index contributed by atoms with van der Waals surface area (Å²) in [7, 11) is 1.42. The number of carbonyl (C=O) groups excluding carboxylic acids is 1. The lowest BCUT2D eigenvalue weighted by Gasteiger charge is -2.08. The number of hydrogen-bond donors (Lipinski definition) is 2. The number of nitrogens with zero attached hydrogens (tertiary/aromatic N) is 1. The summed E-state index contributed by atoms with van der Waals surface area (Å²) in [5.41, 5.74) is 0.979. The van der Waals surface area contributed by atoms with Crippen LogP contribution in [-0.2, 0) is 4.79 Å². The minimum Gasteiger partial charge on any atom is -0.504 e. The van der Waals surface area contributed by atoms with Gasteiger partial charge in [0.15, 0.2) is 11.5 Å². The van der Waals surface area contributed by atoms with Gasteiger partial charge in [0.05, 0.1) is 13.7 Å². The van der Waals surface area contributed by atoms with Crippen LogP contribution in [0.15, 0.2) is 46.4 Å². The summed E-state index contributed by atoms with van der Waals surface area (Å²) in [4.78, 5) is 12.4. The van der Waals surface area contributed by atoms with E-state index < -0.39 is 5.91 Å². The van der Waals surface area contributed by atoms with E-state index in [2.05, 4.69) is 21.2 Å². The lowest BCUT2D eigenvalue weighted by Crippen LogP contribution is -2.13. The summed E-state index contributed by atoms with van der Waals surface area (Å²) in [5, 5.41) is 21.7. The first-order chi connectivity index (χ1) is 12.5. The fourth-order valence-corrected chi connectivity index (χ4v) is 2.58.